The van der Waals surface area contributed by atoms with Crippen molar-refractivity contribution in [1.82, 2.24) is 0 Å². The molecule has 174 valence electrons. The summed E-state index contributed by atoms with van der Waals surface area (Å²) in [5, 5.41) is 9.86. The number of allylic oxidation sites excluding steroid dienone is 6. The molecule has 0 heterocycles. The van der Waals surface area contributed by atoms with Crippen LogP contribution < -0.4 is 0 Å². The third-order valence-electron chi connectivity index (χ3n) is 8.05. The van der Waals surface area contributed by atoms with Gasteiger partial charge in [0.15, 0.2) is 11.6 Å². The Bertz CT molecular complexity index is 863. The van der Waals surface area contributed by atoms with Gasteiger partial charge in [-0.25, -0.2) is 0 Å². The fraction of sp³-hybridized carbons (Fsp3) is 0.655. The molecule has 3 nitrogen and oxygen atoms in total. The molecule has 4 aliphatic rings. The van der Waals surface area contributed by atoms with E-state index in [0.717, 1.165) is 30.4 Å². The predicted molar refractivity (Wildman–Crippen MR) is 129 cm³/mol. The molecule has 1 fully saturated rings. The molecule has 4 unspecified atom stereocenters. The molecule has 4 aliphatic carbocycles. The van der Waals surface area contributed by atoms with E-state index in [0.29, 0.717) is 24.7 Å². The van der Waals surface area contributed by atoms with Gasteiger partial charge in [0, 0.05) is 17.4 Å². The van der Waals surface area contributed by atoms with E-state index in [4.69, 9.17) is 0 Å². The molecule has 0 amide bonds. The lowest BCUT2D eigenvalue weighted by molar-refractivity contribution is -0.134. The van der Waals surface area contributed by atoms with Gasteiger partial charge < -0.3 is 5.11 Å². The highest BCUT2D eigenvalue weighted by Gasteiger charge is 2.46. The van der Waals surface area contributed by atoms with Crippen molar-refractivity contribution >= 4 is 11.6 Å². The van der Waals surface area contributed by atoms with Crippen molar-refractivity contribution in [2.75, 3.05) is 0 Å². The third kappa shape index (κ3) is 4.78. The normalized spacial score (nSPS) is 31.3. The van der Waals surface area contributed by atoms with E-state index in [9.17, 15) is 14.7 Å². The molecule has 0 aliphatic heterocycles. The molecule has 4 atom stereocenters. The summed E-state index contributed by atoms with van der Waals surface area (Å²) in [6, 6.07) is 0. The van der Waals surface area contributed by atoms with Gasteiger partial charge in [0.2, 0.25) is 0 Å². The van der Waals surface area contributed by atoms with E-state index < -0.39 is 12.0 Å². The molecule has 32 heavy (non-hydrogen) atoms. The molecule has 0 aromatic rings. The van der Waals surface area contributed by atoms with E-state index in [2.05, 4.69) is 26.0 Å². The number of aliphatic hydroxyl groups excluding tert-OH is 1. The second kappa shape index (κ2) is 10.0. The second-order valence-corrected chi connectivity index (χ2v) is 10.9. The molecule has 0 aromatic carbocycles. The minimum absolute atomic E-state index is 0.0906. The summed E-state index contributed by atoms with van der Waals surface area (Å²) < 4.78 is 0. The smallest absolute Gasteiger partial charge is 0.170 e. The molecule has 0 saturated heterocycles. The summed E-state index contributed by atoms with van der Waals surface area (Å²) in [5.41, 5.74) is 4.60. The monoisotopic (exact) mass is 436 g/mol. The summed E-state index contributed by atoms with van der Waals surface area (Å²) in [4.78, 5) is 27.0. The highest BCUT2D eigenvalue weighted by Crippen LogP contribution is 2.49. The lowest BCUT2D eigenvalue weighted by Gasteiger charge is -2.32. The summed E-state index contributed by atoms with van der Waals surface area (Å²) in [7, 11) is 0. The largest absolute Gasteiger partial charge is 0.389 e. The van der Waals surface area contributed by atoms with Crippen molar-refractivity contribution in [2.24, 2.45) is 29.6 Å². The van der Waals surface area contributed by atoms with Gasteiger partial charge in [-0.2, -0.15) is 0 Å². The highest BCUT2D eigenvalue weighted by atomic mass is 16.3. The Balaban J connectivity index is 1.69. The van der Waals surface area contributed by atoms with Gasteiger partial charge in [0.25, 0.3) is 0 Å². The quantitative estimate of drug-likeness (QED) is 0.477. The molecule has 1 N–H and O–H groups in total. The van der Waals surface area contributed by atoms with Crippen molar-refractivity contribution < 1.29 is 14.7 Å². The van der Waals surface area contributed by atoms with Crippen LogP contribution in [0.4, 0.5) is 0 Å². The van der Waals surface area contributed by atoms with Gasteiger partial charge in [0.05, 0.1) is 12.0 Å². The van der Waals surface area contributed by atoms with Gasteiger partial charge in [-0.15, -0.1) is 0 Å². The maximum absolute atomic E-state index is 13.6. The minimum atomic E-state index is -0.472. The number of Topliss-reactive ketones (excluding diaryl/α,β-unsaturated/α-hetero) is 2. The summed E-state index contributed by atoms with van der Waals surface area (Å²) in [6.07, 6.45) is 18.4. The zero-order valence-electron chi connectivity index (χ0n) is 20.1. The van der Waals surface area contributed by atoms with Crippen LogP contribution in [-0.4, -0.2) is 22.8 Å². The van der Waals surface area contributed by atoms with Crippen LogP contribution in [0.5, 0.6) is 0 Å². The Morgan fingerprint density at radius 3 is 2.41 bits per heavy atom. The van der Waals surface area contributed by atoms with Crippen molar-refractivity contribution in [3.63, 3.8) is 0 Å². The number of hydrogen-bond acceptors (Lipinski definition) is 3. The lowest BCUT2D eigenvalue weighted by atomic mass is 9.69. The van der Waals surface area contributed by atoms with Crippen LogP contribution >= 0.6 is 0 Å². The molecule has 0 radical (unpaired) electrons. The maximum atomic E-state index is 13.6. The summed E-state index contributed by atoms with van der Waals surface area (Å²) >= 11 is 0. The zero-order valence-corrected chi connectivity index (χ0v) is 20.1. The number of rotatable bonds is 7. The predicted octanol–water partition coefficient (Wildman–Crippen LogP) is 6.29. The molecule has 1 saturated carbocycles. The van der Waals surface area contributed by atoms with Gasteiger partial charge in [-0.1, -0.05) is 88.3 Å². The number of ketones is 2. The molecule has 4 rings (SSSR count). The molecule has 0 spiro atoms. The average Bonchev–Trinajstić information content (AvgIpc) is 3.11. The number of hydrogen-bond donors (Lipinski definition) is 1. The van der Waals surface area contributed by atoms with Crippen molar-refractivity contribution in [3.05, 3.63) is 46.6 Å². The second-order valence-electron chi connectivity index (χ2n) is 10.9. The fourth-order valence-electron chi connectivity index (χ4n) is 6.38. The zero-order chi connectivity index (χ0) is 22.8. The Labute approximate surface area is 193 Å². The summed E-state index contributed by atoms with van der Waals surface area (Å²) in [5.74, 6) is 0.863. The van der Waals surface area contributed by atoms with Crippen LogP contribution in [0, 0.1) is 29.6 Å². The standard InChI is InChI=1S/C29H40O3/c1-4-23-28(31)26(14-18(2)3)25-17-21(15-19-8-6-5-7-9-19)24(27(25)29(23)32)16-20-10-12-22(30)13-11-20/h10-12,17-19,22-24,26,30H,4-9,13-16H2,1-3H3. The fourth-order valence-corrected chi connectivity index (χ4v) is 6.38. The van der Waals surface area contributed by atoms with E-state index in [1.807, 2.05) is 19.1 Å². The average molecular weight is 437 g/mol. The van der Waals surface area contributed by atoms with Crippen LogP contribution in [-0.2, 0) is 9.59 Å². The first-order chi connectivity index (χ1) is 15.4. The first kappa shape index (κ1) is 23.4. The molecular weight excluding hydrogens is 396 g/mol. The van der Waals surface area contributed by atoms with Crippen molar-refractivity contribution in [2.45, 2.75) is 91.1 Å². The number of carbonyl (C=O) groups is 2. The first-order valence-corrected chi connectivity index (χ1v) is 13.0. The van der Waals surface area contributed by atoms with Crippen LogP contribution in [0.25, 0.3) is 0 Å². The molecule has 3 heteroatoms. The number of aliphatic hydroxyl groups is 1. The van der Waals surface area contributed by atoms with Gasteiger partial charge in [-0.05, 0) is 49.5 Å². The van der Waals surface area contributed by atoms with E-state index in [1.165, 1.54) is 43.3 Å². The third-order valence-corrected chi connectivity index (χ3v) is 8.05. The minimum Gasteiger partial charge on any atom is -0.389 e. The van der Waals surface area contributed by atoms with E-state index in [-0.39, 0.29) is 23.4 Å². The summed E-state index contributed by atoms with van der Waals surface area (Å²) in [6.45, 7) is 6.33. The topological polar surface area (TPSA) is 54.4 Å². The van der Waals surface area contributed by atoms with Gasteiger partial charge in [-0.3, -0.25) is 9.59 Å². The van der Waals surface area contributed by atoms with E-state index in [1.54, 1.807) is 0 Å². The van der Waals surface area contributed by atoms with Gasteiger partial charge in [0.1, 0.15) is 0 Å². The van der Waals surface area contributed by atoms with Gasteiger partial charge >= 0.3 is 0 Å². The SMILES string of the molecule is CCC1C(=O)C2=C(C=C(CC3CCCCC3)C2CC2=CCC(O)C=C2)C(CC(C)C)C1=O. The maximum Gasteiger partial charge on any atom is 0.170 e. The lowest BCUT2D eigenvalue weighted by Crippen LogP contribution is -2.38. The molecule has 0 aromatic heterocycles. The molecular formula is C29H40O3. The Hall–Kier alpha value is -1.74. The number of carbonyl (C=O) groups excluding carboxylic acids is 2. The molecule has 0 bridgehead atoms. The van der Waals surface area contributed by atoms with Crippen LogP contribution in [0.2, 0.25) is 0 Å². The van der Waals surface area contributed by atoms with E-state index >= 15 is 0 Å². The van der Waals surface area contributed by atoms with Crippen LogP contribution in [0.1, 0.15) is 85.0 Å². The Morgan fingerprint density at radius 1 is 1.03 bits per heavy atom. The highest BCUT2D eigenvalue weighted by molar-refractivity contribution is 6.16. The Morgan fingerprint density at radius 2 is 1.78 bits per heavy atom. The van der Waals surface area contributed by atoms with Crippen LogP contribution in [0.3, 0.4) is 0 Å². The van der Waals surface area contributed by atoms with Crippen LogP contribution in [0.15, 0.2) is 46.6 Å². The first-order valence-electron chi connectivity index (χ1n) is 13.0. The van der Waals surface area contributed by atoms with Crippen molar-refractivity contribution in [3.8, 4) is 0 Å². The van der Waals surface area contributed by atoms with Crippen molar-refractivity contribution in [1.29, 1.82) is 0 Å². The Kier molecular flexibility index (Phi) is 7.34.